The number of benzene rings is 3. The zero-order chi connectivity index (χ0) is 33.8. The molecule has 2 amide bonds. The Hall–Kier alpha value is -3.85. The number of piperidine rings is 1. The Bertz CT molecular complexity index is 1400. The number of nitrogens with zero attached hydrogens (tertiary/aromatic N) is 2. The number of alkyl halides is 3. The van der Waals surface area contributed by atoms with Crippen LogP contribution < -0.4 is 10.1 Å². The maximum atomic E-state index is 14.0. The summed E-state index contributed by atoms with van der Waals surface area (Å²) in [4.78, 5) is 31.3. The molecule has 9 heteroatoms. The third-order valence-corrected chi connectivity index (χ3v) is 8.64. The Labute approximate surface area is 277 Å². The number of likely N-dealkylation sites (tertiary alicyclic amines) is 1. The number of unbranched alkanes of at least 4 members (excludes halogenated alkanes) is 2. The van der Waals surface area contributed by atoms with Gasteiger partial charge in [-0.3, -0.25) is 9.59 Å². The van der Waals surface area contributed by atoms with Crippen molar-refractivity contribution in [3.05, 3.63) is 95.1 Å². The summed E-state index contributed by atoms with van der Waals surface area (Å²) in [5.41, 5.74) is 3.78. The van der Waals surface area contributed by atoms with Crippen LogP contribution in [0.2, 0.25) is 0 Å². The first-order valence-electron chi connectivity index (χ1n) is 16.8. The number of halogens is 3. The summed E-state index contributed by atoms with van der Waals surface area (Å²) in [5, 5.41) is 2.83. The van der Waals surface area contributed by atoms with E-state index >= 15 is 0 Å². The molecule has 1 heterocycles. The molecule has 0 unspecified atom stereocenters. The minimum Gasteiger partial charge on any atom is -0.484 e. The van der Waals surface area contributed by atoms with Gasteiger partial charge in [0.2, 0.25) is 0 Å². The summed E-state index contributed by atoms with van der Waals surface area (Å²) in [7, 11) is 0. The molecule has 1 fully saturated rings. The molecule has 1 aliphatic rings. The Morgan fingerprint density at radius 2 is 1.51 bits per heavy atom. The molecule has 1 aliphatic heterocycles. The standard InChI is InChI=1S/C38H48F3N3O3/c1-4-5-6-7-29-8-12-32(13-9-29)37(46)44(34-21-24-43(25-22-34)23-20-28(2)3)26-30-10-16-33(17-11-30)42-36(45)31-14-18-35(19-15-31)47-27-38(39,40)41/h8-19,28,34H,4-7,20-27H2,1-3H3,(H,42,45). The number of anilines is 1. The van der Waals surface area contributed by atoms with E-state index in [-0.39, 0.29) is 23.6 Å². The highest BCUT2D eigenvalue weighted by Gasteiger charge is 2.29. The monoisotopic (exact) mass is 651 g/mol. The van der Waals surface area contributed by atoms with Gasteiger partial charge in [0.1, 0.15) is 5.75 Å². The molecular formula is C38H48F3N3O3. The zero-order valence-corrected chi connectivity index (χ0v) is 27.8. The number of ether oxygens (including phenoxy) is 1. The van der Waals surface area contributed by atoms with E-state index in [4.69, 9.17) is 4.74 Å². The van der Waals surface area contributed by atoms with E-state index in [1.165, 1.54) is 49.1 Å². The maximum Gasteiger partial charge on any atom is 0.422 e. The van der Waals surface area contributed by atoms with Crippen LogP contribution in [0.1, 0.15) is 91.1 Å². The molecule has 1 N–H and O–H groups in total. The van der Waals surface area contributed by atoms with E-state index in [1.54, 1.807) is 12.1 Å². The molecule has 47 heavy (non-hydrogen) atoms. The Balaban J connectivity index is 1.41. The molecule has 4 rings (SSSR count). The topological polar surface area (TPSA) is 61.9 Å². The first-order chi connectivity index (χ1) is 22.5. The van der Waals surface area contributed by atoms with Gasteiger partial charge in [-0.25, -0.2) is 0 Å². The number of hydrogen-bond acceptors (Lipinski definition) is 4. The van der Waals surface area contributed by atoms with Crippen molar-refractivity contribution in [3.63, 3.8) is 0 Å². The molecule has 0 aromatic heterocycles. The number of carbonyl (C=O) groups excluding carboxylic acids is 2. The SMILES string of the molecule is CCCCCc1ccc(C(=O)N(Cc2ccc(NC(=O)c3ccc(OCC(F)(F)F)cc3)cc2)C2CCN(CCC(C)C)CC2)cc1. The van der Waals surface area contributed by atoms with Crippen LogP contribution in [0.4, 0.5) is 18.9 Å². The maximum absolute atomic E-state index is 14.0. The summed E-state index contributed by atoms with van der Waals surface area (Å²) >= 11 is 0. The van der Waals surface area contributed by atoms with Crippen LogP contribution in [0.15, 0.2) is 72.8 Å². The highest BCUT2D eigenvalue weighted by atomic mass is 19.4. The third kappa shape index (κ3) is 11.7. The lowest BCUT2D eigenvalue weighted by Crippen LogP contribution is -2.47. The molecule has 0 aliphatic carbocycles. The molecule has 6 nitrogen and oxygen atoms in total. The summed E-state index contributed by atoms with van der Waals surface area (Å²) in [5.74, 6) is 0.340. The Morgan fingerprint density at radius 3 is 2.11 bits per heavy atom. The van der Waals surface area contributed by atoms with Crippen molar-refractivity contribution in [2.24, 2.45) is 5.92 Å². The van der Waals surface area contributed by atoms with Crippen molar-refractivity contribution >= 4 is 17.5 Å². The first-order valence-corrected chi connectivity index (χ1v) is 16.8. The number of hydrogen-bond donors (Lipinski definition) is 1. The quantitative estimate of drug-likeness (QED) is 0.167. The molecular weight excluding hydrogens is 603 g/mol. The van der Waals surface area contributed by atoms with Crippen LogP contribution >= 0.6 is 0 Å². The highest BCUT2D eigenvalue weighted by molar-refractivity contribution is 6.04. The van der Waals surface area contributed by atoms with Gasteiger partial charge in [0.25, 0.3) is 11.8 Å². The van der Waals surface area contributed by atoms with Crippen molar-refractivity contribution in [3.8, 4) is 5.75 Å². The second-order valence-electron chi connectivity index (χ2n) is 12.9. The van der Waals surface area contributed by atoms with Crippen LogP contribution in [0.25, 0.3) is 0 Å². The predicted octanol–water partition coefficient (Wildman–Crippen LogP) is 8.77. The van der Waals surface area contributed by atoms with Gasteiger partial charge in [-0.1, -0.05) is 57.9 Å². The fourth-order valence-corrected chi connectivity index (χ4v) is 5.78. The van der Waals surface area contributed by atoms with E-state index in [0.29, 0.717) is 29.3 Å². The fourth-order valence-electron chi connectivity index (χ4n) is 5.78. The number of rotatable bonds is 15. The Kier molecular flexibility index (Phi) is 13.3. The van der Waals surface area contributed by atoms with Gasteiger partial charge in [-0.2, -0.15) is 13.2 Å². The van der Waals surface area contributed by atoms with Gasteiger partial charge in [-0.05, 0) is 104 Å². The highest BCUT2D eigenvalue weighted by Crippen LogP contribution is 2.24. The normalized spacial score (nSPS) is 14.3. The molecule has 0 radical (unpaired) electrons. The van der Waals surface area contributed by atoms with Crippen LogP contribution in [0.3, 0.4) is 0 Å². The molecule has 0 bridgehead atoms. The molecule has 0 atom stereocenters. The smallest absolute Gasteiger partial charge is 0.422 e. The molecule has 254 valence electrons. The largest absolute Gasteiger partial charge is 0.484 e. The number of carbonyl (C=O) groups is 2. The lowest BCUT2D eigenvalue weighted by molar-refractivity contribution is -0.153. The minimum absolute atomic E-state index is 0.0331. The van der Waals surface area contributed by atoms with Crippen molar-refractivity contribution in [2.45, 2.75) is 84.5 Å². The van der Waals surface area contributed by atoms with Crippen molar-refractivity contribution < 1.29 is 27.5 Å². The lowest BCUT2D eigenvalue weighted by Gasteiger charge is -2.39. The van der Waals surface area contributed by atoms with Gasteiger partial charge in [0.15, 0.2) is 6.61 Å². The van der Waals surface area contributed by atoms with Crippen molar-refractivity contribution in [2.75, 3.05) is 31.6 Å². The van der Waals surface area contributed by atoms with E-state index in [2.05, 4.69) is 43.1 Å². The average molecular weight is 652 g/mol. The van der Waals surface area contributed by atoms with Crippen LogP contribution in [-0.4, -0.2) is 60.1 Å². The third-order valence-electron chi connectivity index (χ3n) is 8.64. The number of nitrogens with one attached hydrogen (secondary N) is 1. The van der Waals surface area contributed by atoms with E-state index in [1.807, 2.05) is 29.2 Å². The molecule has 0 saturated carbocycles. The fraction of sp³-hybridized carbons (Fsp3) is 0.474. The van der Waals surface area contributed by atoms with Crippen LogP contribution in [-0.2, 0) is 13.0 Å². The summed E-state index contributed by atoms with van der Waals surface area (Å²) in [6.07, 6.45) is 3.12. The van der Waals surface area contributed by atoms with E-state index in [0.717, 1.165) is 50.9 Å². The van der Waals surface area contributed by atoms with Gasteiger partial charge in [0, 0.05) is 42.5 Å². The average Bonchev–Trinajstić information content (AvgIpc) is 3.06. The number of aryl methyl sites for hydroxylation is 1. The van der Waals surface area contributed by atoms with Gasteiger partial charge in [-0.15, -0.1) is 0 Å². The van der Waals surface area contributed by atoms with E-state index < -0.39 is 12.8 Å². The Morgan fingerprint density at radius 1 is 0.894 bits per heavy atom. The van der Waals surface area contributed by atoms with Gasteiger partial charge >= 0.3 is 6.18 Å². The van der Waals surface area contributed by atoms with Crippen molar-refractivity contribution in [1.82, 2.24) is 9.80 Å². The van der Waals surface area contributed by atoms with Crippen molar-refractivity contribution in [1.29, 1.82) is 0 Å². The molecule has 3 aromatic rings. The summed E-state index contributed by atoms with van der Waals surface area (Å²) < 4.78 is 41.9. The predicted molar refractivity (Wildman–Crippen MR) is 181 cm³/mol. The van der Waals surface area contributed by atoms with Gasteiger partial charge in [0.05, 0.1) is 0 Å². The summed E-state index contributed by atoms with van der Waals surface area (Å²) in [6, 6.07) is 21.2. The second-order valence-corrected chi connectivity index (χ2v) is 12.9. The lowest BCUT2D eigenvalue weighted by atomic mass is 9.99. The van der Waals surface area contributed by atoms with Gasteiger partial charge < -0.3 is 19.9 Å². The summed E-state index contributed by atoms with van der Waals surface area (Å²) in [6.45, 7) is 8.78. The molecule has 1 saturated heterocycles. The number of amides is 2. The molecule has 0 spiro atoms. The van der Waals surface area contributed by atoms with Crippen LogP contribution in [0.5, 0.6) is 5.75 Å². The minimum atomic E-state index is -4.43. The van der Waals surface area contributed by atoms with Crippen LogP contribution in [0, 0.1) is 5.92 Å². The second kappa shape index (κ2) is 17.3. The zero-order valence-electron chi connectivity index (χ0n) is 27.8. The van der Waals surface area contributed by atoms with E-state index in [9.17, 15) is 22.8 Å². The first kappa shape index (κ1) is 36.0. The molecule has 3 aromatic carbocycles.